The molecule has 1 aliphatic heterocycles. The minimum Gasteiger partial charge on any atom is -0.475 e. The number of aromatic amines is 1. The largest absolute Gasteiger partial charge is 0.475 e. The van der Waals surface area contributed by atoms with E-state index >= 15 is 0 Å². The van der Waals surface area contributed by atoms with Gasteiger partial charge in [0.2, 0.25) is 11.8 Å². The maximum atomic E-state index is 12.0. The summed E-state index contributed by atoms with van der Waals surface area (Å²) in [4.78, 5) is 30.4. The first-order chi connectivity index (χ1) is 14.0. The highest BCUT2D eigenvalue weighted by Crippen LogP contribution is 2.28. The van der Waals surface area contributed by atoms with Gasteiger partial charge in [-0.25, -0.2) is 4.98 Å². The number of hydrogen-bond acceptors (Lipinski definition) is 5. The molecule has 29 heavy (non-hydrogen) atoms. The summed E-state index contributed by atoms with van der Waals surface area (Å²) in [6.07, 6.45) is 4.70. The number of hydrogen-bond donors (Lipinski definition) is 3. The highest BCUT2D eigenvalue weighted by molar-refractivity contribution is 6.00. The number of nitrogens with one attached hydrogen (secondary N) is 2. The molecule has 1 aliphatic rings. The number of carbonyl (C=O) groups is 1. The normalized spacial score (nSPS) is 15.2. The molecule has 4 N–H and O–H groups in total. The van der Waals surface area contributed by atoms with Crippen LogP contribution in [0.1, 0.15) is 39.2 Å². The Balaban J connectivity index is 0.000000551. The van der Waals surface area contributed by atoms with Gasteiger partial charge in [0, 0.05) is 29.6 Å². The lowest BCUT2D eigenvalue weighted by atomic mass is 10.0. The molecular weight excluding hydrogens is 368 g/mol. The number of rotatable bonds is 3. The Labute approximate surface area is 170 Å². The van der Waals surface area contributed by atoms with Gasteiger partial charge in [-0.3, -0.25) is 9.59 Å². The molecule has 0 radical (unpaired) electrons. The van der Waals surface area contributed by atoms with E-state index in [-0.39, 0.29) is 17.5 Å². The number of aromatic nitrogens is 2. The van der Waals surface area contributed by atoms with Crippen LogP contribution in [0.2, 0.25) is 0 Å². The van der Waals surface area contributed by atoms with Gasteiger partial charge in [0.15, 0.2) is 0 Å². The van der Waals surface area contributed by atoms with Crippen LogP contribution in [0.4, 0.5) is 0 Å². The lowest BCUT2D eigenvalue weighted by Gasteiger charge is -2.13. The number of H-pyrrole nitrogens is 1. The average Bonchev–Trinajstić information content (AvgIpc) is 3.15. The van der Waals surface area contributed by atoms with Crippen LogP contribution in [0.25, 0.3) is 21.5 Å². The van der Waals surface area contributed by atoms with Crippen LogP contribution in [-0.2, 0) is 4.79 Å². The number of nitrogens with zero attached hydrogens (tertiary/aromatic N) is 1. The molecule has 1 unspecified atom stereocenters. The molecule has 156 valence electrons. The van der Waals surface area contributed by atoms with Crippen molar-refractivity contribution in [3.63, 3.8) is 0 Å². The summed E-state index contributed by atoms with van der Waals surface area (Å²) in [5.74, 6) is 0.588. The predicted octanol–water partition coefficient (Wildman–Crippen LogP) is 3.03. The molecule has 3 heterocycles. The number of ether oxygens (including phenoxy) is 1. The van der Waals surface area contributed by atoms with E-state index in [9.17, 15) is 9.59 Å². The van der Waals surface area contributed by atoms with E-state index in [4.69, 9.17) is 10.5 Å². The smallest absolute Gasteiger partial charge is 0.255 e. The Kier molecular flexibility index (Phi) is 8.15. The van der Waals surface area contributed by atoms with Gasteiger partial charge in [-0.15, -0.1) is 0 Å². The van der Waals surface area contributed by atoms with Gasteiger partial charge in [0.25, 0.3) is 5.56 Å². The molecule has 7 nitrogen and oxygen atoms in total. The first-order valence-corrected chi connectivity index (χ1v) is 10.1. The van der Waals surface area contributed by atoms with E-state index in [2.05, 4.69) is 15.3 Å². The van der Waals surface area contributed by atoms with Crippen molar-refractivity contribution in [3.05, 3.63) is 46.5 Å². The van der Waals surface area contributed by atoms with Crippen LogP contribution in [0.3, 0.4) is 0 Å². The topological polar surface area (TPSA) is 110 Å². The number of aryl methyl sites for hydroxylation is 1. The third kappa shape index (κ3) is 5.32. The van der Waals surface area contributed by atoms with Crippen molar-refractivity contribution in [1.29, 1.82) is 0 Å². The van der Waals surface area contributed by atoms with E-state index in [1.807, 2.05) is 45.9 Å². The Hall–Kier alpha value is -2.93. The van der Waals surface area contributed by atoms with E-state index < -0.39 is 0 Å². The van der Waals surface area contributed by atoms with Crippen LogP contribution < -0.4 is 21.3 Å². The van der Waals surface area contributed by atoms with Crippen molar-refractivity contribution in [2.45, 2.75) is 46.6 Å². The molecule has 1 saturated heterocycles. The molecule has 0 aliphatic carbocycles. The zero-order chi connectivity index (χ0) is 21.4. The zero-order valence-corrected chi connectivity index (χ0v) is 17.5. The summed E-state index contributed by atoms with van der Waals surface area (Å²) >= 11 is 0. The van der Waals surface area contributed by atoms with Crippen molar-refractivity contribution in [2.24, 2.45) is 5.73 Å². The minimum atomic E-state index is -0.106. The second-order valence-corrected chi connectivity index (χ2v) is 6.56. The van der Waals surface area contributed by atoms with Gasteiger partial charge in [-0.05, 0) is 54.4 Å². The summed E-state index contributed by atoms with van der Waals surface area (Å²) in [6, 6.07) is 5.70. The van der Waals surface area contributed by atoms with Gasteiger partial charge >= 0.3 is 0 Å². The summed E-state index contributed by atoms with van der Waals surface area (Å²) < 4.78 is 5.86. The second kappa shape index (κ2) is 10.6. The Morgan fingerprint density at radius 2 is 1.93 bits per heavy atom. The van der Waals surface area contributed by atoms with Crippen molar-refractivity contribution >= 4 is 27.5 Å². The van der Waals surface area contributed by atoms with E-state index in [0.29, 0.717) is 24.3 Å². The lowest BCUT2D eigenvalue weighted by Crippen LogP contribution is -2.31. The van der Waals surface area contributed by atoms with Crippen molar-refractivity contribution in [1.82, 2.24) is 15.3 Å². The summed E-state index contributed by atoms with van der Waals surface area (Å²) in [6.45, 7) is 9.00. The number of pyridine rings is 2. The summed E-state index contributed by atoms with van der Waals surface area (Å²) in [5, 5.41) is 6.19. The van der Waals surface area contributed by atoms with Gasteiger partial charge in [0.05, 0.1) is 6.04 Å². The van der Waals surface area contributed by atoms with Crippen LogP contribution in [0.15, 0.2) is 35.4 Å². The van der Waals surface area contributed by atoms with Crippen LogP contribution in [-0.4, -0.2) is 35.1 Å². The molecule has 1 fully saturated rings. The fourth-order valence-corrected chi connectivity index (χ4v) is 3.13. The van der Waals surface area contributed by atoms with Gasteiger partial charge in [0.1, 0.15) is 6.61 Å². The van der Waals surface area contributed by atoms with Gasteiger partial charge in [-0.1, -0.05) is 20.8 Å². The van der Waals surface area contributed by atoms with Crippen LogP contribution in [0, 0.1) is 6.92 Å². The average molecular weight is 399 g/mol. The highest BCUT2D eigenvalue weighted by Gasteiger charge is 2.21. The quantitative estimate of drug-likeness (QED) is 0.588. The zero-order valence-electron chi connectivity index (χ0n) is 17.5. The number of amides is 1. The summed E-state index contributed by atoms with van der Waals surface area (Å²) in [7, 11) is 0. The maximum Gasteiger partial charge on any atom is 0.255 e. The van der Waals surface area contributed by atoms with Crippen molar-refractivity contribution in [2.75, 3.05) is 13.2 Å². The number of fused-ring (bicyclic) bond motifs is 2. The fraction of sp³-hybridized carbons (Fsp3) is 0.409. The third-order valence-corrected chi connectivity index (χ3v) is 4.46. The minimum absolute atomic E-state index is 0.0274. The number of benzene rings is 1. The molecule has 3 aromatic rings. The van der Waals surface area contributed by atoms with Gasteiger partial charge in [-0.2, -0.15) is 0 Å². The third-order valence-electron chi connectivity index (χ3n) is 4.46. The molecule has 0 saturated carbocycles. The fourth-order valence-electron chi connectivity index (χ4n) is 3.13. The molecule has 2 aromatic heterocycles. The SMILES string of the molecule is CC.CCN.Cc1c[nH]c(=O)c2cc3ccnc(OCC4CCC(=O)N4)c3cc12. The molecule has 1 aromatic carbocycles. The summed E-state index contributed by atoms with van der Waals surface area (Å²) in [5.41, 5.74) is 5.73. The van der Waals surface area contributed by atoms with Crippen molar-refractivity contribution in [3.8, 4) is 5.88 Å². The molecule has 0 spiro atoms. The molecule has 4 rings (SSSR count). The van der Waals surface area contributed by atoms with E-state index in [0.717, 1.165) is 34.7 Å². The Bertz CT molecular complexity index is 1030. The van der Waals surface area contributed by atoms with Crippen LogP contribution in [0.5, 0.6) is 5.88 Å². The van der Waals surface area contributed by atoms with E-state index in [1.54, 1.807) is 12.4 Å². The molecular formula is C22H30N4O3. The highest BCUT2D eigenvalue weighted by atomic mass is 16.5. The maximum absolute atomic E-state index is 12.0. The molecule has 7 heteroatoms. The Morgan fingerprint density at radius 1 is 1.21 bits per heavy atom. The first-order valence-electron chi connectivity index (χ1n) is 10.1. The second-order valence-electron chi connectivity index (χ2n) is 6.56. The Morgan fingerprint density at radius 3 is 2.59 bits per heavy atom. The molecule has 0 bridgehead atoms. The number of nitrogens with two attached hydrogens (primary N) is 1. The lowest BCUT2D eigenvalue weighted by molar-refractivity contribution is -0.119. The van der Waals surface area contributed by atoms with E-state index in [1.165, 1.54) is 0 Å². The number of carbonyl (C=O) groups excluding carboxylic acids is 1. The van der Waals surface area contributed by atoms with Gasteiger partial charge < -0.3 is 20.8 Å². The van der Waals surface area contributed by atoms with Crippen molar-refractivity contribution < 1.29 is 9.53 Å². The predicted molar refractivity (Wildman–Crippen MR) is 117 cm³/mol. The van der Waals surface area contributed by atoms with Crippen LogP contribution >= 0.6 is 0 Å². The monoisotopic (exact) mass is 398 g/mol. The standard InChI is InChI=1S/C18H17N3O3.C2H7N.C2H6/c1-10-8-20-17(23)15-6-11-4-5-19-18(14(11)7-13(10)15)24-9-12-2-3-16(22)21-12;1-2-3;1-2/h4-8,12H,2-3,9H2,1H3,(H,20,23)(H,21,22);2-3H2,1H3;1-2H3. The molecule has 1 atom stereocenters. The first kappa shape index (κ1) is 22.4. The molecule has 1 amide bonds.